The molecule has 0 aliphatic carbocycles. The molecule has 0 unspecified atom stereocenters. The molecule has 0 aliphatic rings. The predicted molar refractivity (Wildman–Crippen MR) is 147 cm³/mol. The second-order valence-electron chi connectivity index (χ2n) is 10.3. The SMILES string of the molecule is CCCCCCCCCCCCCCCCCCCCCCCCc1ccc(S(=O)(=O)O)cc1. The van der Waals surface area contributed by atoms with E-state index in [9.17, 15) is 8.42 Å². The minimum atomic E-state index is -4.08. The maximum atomic E-state index is 11.1. The number of unbranched alkanes of at least 4 members (excludes halogenated alkanes) is 21. The van der Waals surface area contributed by atoms with Crippen LogP contribution < -0.4 is 0 Å². The van der Waals surface area contributed by atoms with E-state index >= 15 is 0 Å². The third-order valence-electron chi connectivity index (χ3n) is 7.04. The first-order valence-electron chi connectivity index (χ1n) is 14.6. The molecule has 1 N–H and O–H groups in total. The zero-order valence-electron chi connectivity index (χ0n) is 22.2. The number of hydrogen-bond donors (Lipinski definition) is 1. The normalized spacial score (nSPS) is 11.8. The van der Waals surface area contributed by atoms with Gasteiger partial charge in [0.05, 0.1) is 4.90 Å². The Morgan fingerprint density at radius 3 is 1.09 bits per heavy atom. The van der Waals surface area contributed by atoms with Crippen LogP contribution in [0.1, 0.15) is 154 Å². The summed E-state index contributed by atoms with van der Waals surface area (Å²) < 4.78 is 31.1. The number of aryl methyl sites for hydroxylation is 1. The molecule has 0 fully saturated rings. The summed E-state index contributed by atoms with van der Waals surface area (Å²) in [5, 5.41) is 0. The van der Waals surface area contributed by atoms with Crippen molar-refractivity contribution >= 4 is 10.1 Å². The van der Waals surface area contributed by atoms with Gasteiger partial charge in [-0.25, -0.2) is 0 Å². The molecule has 0 atom stereocenters. The Hall–Kier alpha value is -0.870. The standard InChI is InChI=1S/C30H54O3S/c1-2-3-4-5-6-7-8-9-10-11-12-13-14-15-16-17-18-19-20-21-22-23-24-29-25-27-30(28-26-29)34(31,32)33/h25-28H,2-24H2,1H3,(H,31,32,33). The average molecular weight is 495 g/mol. The number of benzene rings is 1. The highest BCUT2D eigenvalue weighted by molar-refractivity contribution is 7.85. The molecule has 1 aromatic rings. The lowest BCUT2D eigenvalue weighted by Crippen LogP contribution is -1.98. The Balaban J connectivity index is 1.76. The van der Waals surface area contributed by atoms with Crippen molar-refractivity contribution in [3.8, 4) is 0 Å². The van der Waals surface area contributed by atoms with E-state index in [0.717, 1.165) is 18.4 Å². The molecule has 1 aromatic carbocycles. The maximum Gasteiger partial charge on any atom is 0.294 e. The van der Waals surface area contributed by atoms with Gasteiger partial charge in [0, 0.05) is 0 Å². The van der Waals surface area contributed by atoms with Crippen LogP contribution in [-0.2, 0) is 16.5 Å². The summed E-state index contributed by atoms with van der Waals surface area (Å²) in [6.07, 6.45) is 31.7. The molecule has 1 rings (SSSR count). The van der Waals surface area contributed by atoms with Crippen molar-refractivity contribution in [1.82, 2.24) is 0 Å². The van der Waals surface area contributed by atoms with E-state index in [-0.39, 0.29) is 4.90 Å². The second-order valence-corrected chi connectivity index (χ2v) is 11.7. The van der Waals surface area contributed by atoms with E-state index in [1.165, 1.54) is 147 Å². The minimum absolute atomic E-state index is 0.0228. The van der Waals surface area contributed by atoms with E-state index < -0.39 is 10.1 Å². The molecule has 198 valence electrons. The number of rotatable bonds is 24. The van der Waals surface area contributed by atoms with Crippen LogP contribution in [0.4, 0.5) is 0 Å². The largest absolute Gasteiger partial charge is 0.294 e. The summed E-state index contributed by atoms with van der Waals surface area (Å²) >= 11 is 0. The first-order chi connectivity index (χ1) is 16.5. The van der Waals surface area contributed by atoms with Gasteiger partial charge in [-0.15, -0.1) is 0 Å². The lowest BCUT2D eigenvalue weighted by atomic mass is 10.0. The monoisotopic (exact) mass is 494 g/mol. The molecule has 0 saturated heterocycles. The van der Waals surface area contributed by atoms with Gasteiger partial charge >= 0.3 is 0 Å². The van der Waals surface area contributed by atoms with Crippen molar-refractivity contribution in [2.75, 3.05) is 0 Å². The van der Waals surface area contributed by atoms with Gasteiger partial charge in [0.1, 0.15) is 0 Å². The van der Waals surface area contributed by atoms with Crippen molar-refractivity contribution in [3.05, 3.63) is 29.8 Å². The van der Waals surface area contributed by atoms with Gasteiger partial charge in [0.2, 0.25) is 0 Å². The van der Waals surface area contributed by atoms with Gasteiger partial charge in [-0.05, 0) is 30.5 Å². The quantitative estimate of drug-likeness (QED) is 0.115. The Morgan fingerprint density at radius 1 is 0.500 bits per heavy atom. The van der Waals surface area contributed by atoms with Gasteiger partial charge in [-0.2, -0.15) is 8.42 Å². The summed E-state index contributed by atoms with van der Waals surface area (Å²) in [6, 6.07) is 6.59. The molecule has 0 saturated carbocycles. The van der Waals surface area contributed by atoms with E-state index in [4.69, 9.17) is 4.55 Å². The number of hydrogen-bond acceptors (Lipinski definition) is 2. The Labute approximate surface area is 212 Å². The fourth-order valence-electron chi connectivity index (χ4n) is 4.77. The molecule has 0 bridgehead atoms. The second kappa shape index (κ2) is 21.4. The van der Waals surface area contributed by atoms with Crippen LogP contribution in [0.5, 0.6) is 0 Å². The van der Waals surface area contributed by atoms with Crippen LogP contribution in [-0.4, -0.2) is 13.0 Å². The Bertz CT molecular complexity index is 667. The molecule has 0 radical (unpaired) electrons. The van der Waals surface area contributed by atoms with Crippen molar-refractivity contribution in [1.29, 1.82) is 0 Å². The lowest BCUT2D eigenvalue weighted by molar-refractivity contribution is 0.483. The third kappa shape index (κ3) is 18.5. The fourth-order valence-corrected chi connectivity index (χ4v) is 5.25. The van der Waals surface area contributed by atoms with Crippen molar-refractivity contribution < 1.29 is 13.0 Å². The highest BCUT2D eigenvalue weighted by atomic mass is 32.2. The van der Waals surface area contributed by atoms with E-state index in [1.807, 2.05) is 0 Å². The molecule has 0 heterocycles. The zero-order valence-corrected chi connectivity index (χ0v) is 23.1. The molecule has 0 spiro atoms. The summed E-state index contributed by atoms with van der Waals surface area (Å²) in [5.41, 5.74) is 1.14. The molecule has 0 amide bonds. The third-order valence-corrected chi connectivity index (χ3v) is 7.91. The molecule has 3 nitrogen and oxygen atoms in total. The van der Waals surface area contributed by atoms with Crippen molar-refractivity contribution in [3.63, 3.8) is 0 Å². The molecule has 0 aromatic heterocycles. The van der Waals surface area contributed by atoms with E-state index in [1.54, 1.807) is 12.1 Å². The van der Waals surface area contributed by atoms with Crippen LogP contribution in [0.15, 0.2) is 29.2 Å². The van der Waals surface area contributed by atoms with Crippen LogP contribution in [0.3, 0.4) is 0 Å². The molecular weight excluding hydrogens is 440 g/mol. The van der Waals surface area contributed by atoms with Crippen molar-refractivity contribution in [2.45, 2.75) is 159 Å². The van der Waals surface area contributed by atoms with Gasteiger partial charge in [-0.1, -0.05) is 154 Å². The highest BCUT2D eigenvalue weighted by Gasteiger charge is 2.08. The first-order valence-corrected chi connectivity index (χ1v) is 16.0. The van der Waals surface area contributed by atoms with Gasteiger partial charge in [-0.3, -0.25) is 4.55 Å². The summed E-state index contributed by atoms with van der Waals surface area (Å²) in [4.78, 5) is -0.0228. The predicted octanol–water partition coefficient (Wildman–Crippen LogP) is 10.1. The lowest BCUT2D eigenvalue weighted by Gasteiger charge is -2.05. The van der Waals surface area contributed by atoms with Crippen molar-refractivity contribution in [2.24, 2.45) is 0 Å². The maximum absolute atomic E-state index is 11.1. The zero-order chi connectivity index (χ0) is 24.7. The fraction of sp³-hybridized carbons (Fsp3) is 0.800. The molecular formula is C30H54O3S. The molecule has 34 heavy (non-hydrogen) atoms. The summed E-state index contributed by atoms with van der Waals surface area (Å²) in [5.74, 6) is 0. The van der Waals surface area contributed by atoms with Crippen LogP contribution in [0, 0.1) is 0 Å². The average Bonchev–Trinajstić information content (AvgIpc) is 2.82. The molecule has 4 heteroatoms. The molecule has 0 aliphatic heterocycles. The van der Waals surface area contributed by atoms with E-state index in [0.29, 0.717) is 0 Å². The Morgan fingerprint density at radius 2 is 0.794 bits per heavy atom. The summed E-state index contributed by atoms with van der Waals surface area (Å²) in [7, 11) is -4.08. The first kappa shape index (κ1) is 31.2. The Kier molecular flexibility index (Phi) is 19.6. The highest BCUT2D eigenvalue weighted by Crippen LogP contribution is 2.16. The van der Waals surface area contributed by atoms with Crippen LogP contribution >= 0.6 is 0 Å². The van der Waals surface area contributed by atoms with Gasteiger partial charge in [0.25, 0.3) is 10.1 Å². The minimum Gasteiger partial charge on any atom is -0.282 e. The van der Waals surface area contributed by atoms with Gasteiger partial charge in [0.15, 0.2) is 0 Å². The topological polar surface area (TPSA) is 54.4 Å². The van der Waals surface area contributed by atoms with Gasteiger partial charge < -0.3 is 0 Å². The summed E-state index contributed by atoms with van der Waals surface area (Å²) in [6.45, 7) is 2.29. The van der Waals surface area contributed by atoms with E-state index in [2.05, 4.69) is 6.92 Å². The smallest absolute Gasteiger partial charge is 0.282 e. The van der Waals surface area contributed by atoms with Crippen LogP contribution in [0.2, 0.25) is 0 Å². The van der Waals surface area contributed by atoms with Crippen LogP contribution in [0.25, 0.3) is 0 Å².